The molecule has 0 fully saturated rings. The molecule has 0 aliphatic carbocycles. The summed E-state index contributed by atoms with van der Waals surface area (Å²) < 4.78 is 4.63. The zero-order chi connectivity index (χ0) is 22.5. The van der Waals surface area contributed by atoms with Crippen LogP contribution in [0.5, 0.6) is 0 Å². The van der Waals surface area contributed by atoms with Gasteiger partial charge in [-0.05, 0) is 60.7 Å². The molecule has 0 atom stereocenters. The summed E-state index contributed by atoms with van der Waals surface area (Å²) in [4.78, 5) is 4.47. The maximum absolute atomic E-state index is 4.47. The molecule has 3 nitrogen and oxygen atoms in total. The summed E-state index contributed by atoms with van der Waals surface area (Å²) in [7, 11) is 0. The van der Waals surface area contributed by atoms with Gasteiger partial charge < -0.3 is 9.13 Å². The van der Waals surface area contributed by atoms with Gasteiger partial charge in [0.05, 0.1) is 22.2 Å². The summed E-state index contributed by atoms with van der Waals surface area (Å²) in [5.74, 6) is 0. The van der Waals surface area contributed by atoms with E-state index in [9.17, 15) is 0 Å². The van der Waals surface area contributed by atoms with E-state index in [0.29, 0.717) is 0 Å². The van der Waals surface area contributed by atoms with Crippen molar-refractivity contribution in [3.8, 4) is 22.6 Å². The monoisotopic (exact) mass is 435 g/mol. The van der Waals surface area contributed by atoms with Gasteiger partial charge in [0, 0.05) is 45.5 Å². The molecule has 0 spiro atoms. The summed E-state index contributed by atoms with van der Waals surface area (Å²) in [5, 5.41) is 3.75. The molecule has 0 saturated carbocycles. The molecular weight excluding hydrogens is 414 g/mol. The highest BCUT2D eigenvalue weighted by atomic mass is 15.0. The Bertz CT molecular complexity index is 1770. The van der Waals surface area contributed by atoms with Crippen LogP contribution in [0.15, 0.2) is 128 Å². The van der Waals surface area contributed by atoms with Crippen LogP contribution in [0.4, 0.5) is 0 Å². The second-order valence-electron chi connectivity index (χ2n) is 8.56. The Balaban J connectivity index is 1.43. The Morgan fingerprint density at radius 3 is 2.15 bits per heavy atom. The molecule has 3 aromatic heterocycles. The molecule has 3 heteroatoms. The fourth-order valence-electron chi connectivity index (χ4n) is 5.00. The number of aromatic nitrogens is 3. The van der Waals surface area contributed by atoms with E-state index in [1.165, 1.54) is 38.4 Å². The van der Waals surface area contributed by atoms with E-state index in [-0.39, 0.29) is 0 Å². The third-order valence-electron chi connectivity index (χ3n) is 6.60. The molecule has 0 aliphatic heterocycles. The lowest BCUT2D eigenvalue weighted by Gasteiger charge is -2.09. The normalized spacial score (nSPS) is 11.5. The molecule has 34 heavy (non-hydrogen) atoms. The number of fused-ring (bicyclic) bond motifs is 4. The SMILES string of the molecule is c1ccc(-n2c3ccccc3c3cc4c(ccn4-c4ccc(-c5ccccn5)cc4)cc32)cc1. The van der Waals surface area contributed by atoms with E-state index in [1.54, 1.807) is 0 Å². The third-order valence-corrected chi connectivity index (χ3v) is 6.60. The number of benzene rings is 4. The summed E-state index contributed by atoms with van der Waals surface area (Å²) >= 11 is 0. The van der Waals surface area contributed by atoms with Crippen molar-refractivity contribution in [1.29, 1.82) is 0 Å². The topological polar surface area (TPSA) is 22.8 Å². The van der Waals surface area contributed by atoms with Gasteiger partial charge in [-0.15, -0.1) is 0 Å². The molecule has 7 rings (SSSR count). The quantitative estimate of drug-likeness (QED) is 0.278. The van der Waals surface area contributed by atoms with Gasteiger partial charge >= 0.3 is 0 Å². The highest BCUT2D eigenvalue weighted by Gasteiger charge is 2.14. The average molecular weight is 436 g/mol. The number of pyridine rings is 1. The largest absolute Gasteiger partial charge is 0.317 e. The van der Waals surface area contributed by atoms with Gasteiger partial charge in [-0.1, -0.05) is 54.6 Å². The minimum Gasteiger partial charge on any atom is -0.317 e. The van der Waals surface area contributed by atoms with Crippen molar-refractivity contribution in [1.82, 2.24) is 14.1 Å². The van der Waals surface area contributed by atoms with Crippen LogP contribution in [0.1, 0.15) is 0 Å². The van der Waals surface area contributed by atoms with Crippen LogP contribution >= 0.6 is 0 Å². The van der Waals surface area contributed by atoms with Crippen LogP contribution in [0, 0.1) is 0 Å². The van der Waals surface area contributed by atoms with Crippen LogP contribution in [-0.4, -0.2) is 14.1 Å². The van der Waals surface area contributed by atoms with Crippen molar-refractivity contribution < 1.29 is 0 Å². The lowest BCUT2D eigenvalue weighted by atomic mass is 10.1. The first-order chi connectivity index (χ1) is 16.9. The molecule has 4 aromatic carbocycles. The number of hydrogen-bond acceptors (Lipinski definition) is 1. The second-order valence-corrected chi connectivity index (χ2v) is 8.56. The lowest BCUT2D eigenvalue weighted by Crippen LogP contribution is -1.94. The lowest BCUT2D eigenvalue weighted by molar-refractivity contribution is 1.13. The molecular formula is C31H21N3. The van der Waals surface area contributed by atoms with Gasteiger partial charge in [-0.2, -0.15) is 0 Å². The van der Waals surface area contributed by atoms with E-state index in [1.807, 2.05) is 24.4 Å². The van der Waals surface area contributed by atoms with Gasteiger partial charge in [0.25, 0.3) is 0 Å². The maximum atomic E-state index is 4.47. The Hall–Kier alpha value is -4.63. The first kappa shape index (κ1) is 18.9. The van der Waals surface area contributed by atoms with Gasteiger partial charge in [0.1, 0.15) is 0 Å². The minimum absolute atomic E-state index is 0.988. The number of nitrogens with zero attached hydrogens (tertiary/aromatic N) is 3. The van der Waals surface area contributed by atoms with E-state index >= 15 is 0 Å². The second kappa shape index (κ2) is 7.46. The fraction of sp³-hybridized carbons (Fsp3) is 0. The average Bonchev–Trinajstić information content (AvgIpc) is 3.47. The highest BCUT2D eigenvalue weighted by Crippen LogP contribution is 2.35. The number of hydrogen-bond donors (Lipinski definition) is 0. The summed E-state index contributed by atoms with van der Waals surface area (Å²) in [6.07, 6.45) is 3.99. The molecule has 3 heterocycles. The molecule has 0 radical (unpaired) electrons. The molecule has 0 bridgehead atoms. The van der Waals surface area contributed by atoms with Crippen molar-refractivity contribution in [2.24, 2.45) is 0 Å². The standard InChI is InChI=1S/C31H21N3/c1-2-8-25(9-3-1)34-29-12-5-4-10-26(29)27-21-30-23(20-31(27)34)17-19-33(30)24-15-13-22(14-16-24)28-11-6-7-18-32-28/h1-21H. The molecule has 0 N–H and O–H groups in total. The Labute approximate surface area is 197 Å². The molecule has 0 saturated heterocycles. The van der Waals surface area contributed by atoms with Gasteiger partial charge in [0.2, 0.25) is 0 Å². The minimum atomic E-state index is 0.988. The van der Waals surface area contributed by atoms with Crippen LogP contribution in [0.3, 0.4) is 0 Å². The van der Waals surface area contributed by atoms with E-state index in [2.05, 4.69) is 117 Å². The zero-order valence-electron chi connectivity index (χ0n) is 18.5. The van der Waals surface area contributed by atoms with Crippen LogP contribution in [-0.2, 0) is 0 Å². The molecule has 160 valence electrons. The fourth-order valence-corrected chi connectivity index (χ4v) is 5.00. The smallest absolute Gasteiger partial charge is 0.0701 e. The van der Waals surface area contributed by atoms with E-state index < -0.39 is 0 Å². The summed E-state index contributed by atoms with van der Waals surface area (Å²) in [6.45, 7) is 0. The van der Waals surface area contributed by atoms with Crippen molar-refractivity contribution in [2.75, 3.05) is 0 Å². The van der Waals surface area contributed by atoms with Crippen LogP contribution in [0.25, 0.3) is 55.3 Å². The predicted molar refractivity (Wildman–Crippen MR) is 141 cm³/mol. The third kappa shape index (κ3) is 2.87. The first-order valence-corrected chi connectivity index (χ1v) is 11.5. The van der Waals surface area contributed by atoms with Crippen LogP contribution in [0.2, 0.25) is 0 Å². The number of para-hydroxylation sites is 2. The Morgan fingerprint density at radius 2 is 1.32 bits per heavy atom. The van der Waals surface area contributed by atoms with Crippen molar-refractivity contribution in [3.63, 3.8) is 0 Å². The Kier molecular flexibility index (Phi) is 4.15. The van der Waals surface area contributed by atoms with Crippen LogP contribution < -0.4 is 0 Å². The zero-order valence-corrected chi connectivity index (χ0v) is 18.5. The summed E-state index contributed by atoms with van der Waals surface area (Å²) in [6, 6.07) is 40.7. The molecule has 0 unspecified atom stereocenters. The van der Waals surface area contributed by atoms with Gasteiger partial charge in [0.15, 0.2) is 0 Å². The summed E-state index contributed by atoms with van der Waals surface area (Å²) in [5.41, 5.74) is 8.08. The Morgan fingerprint density at radius 1 is 0.529 bits per heavy atom. The first-order valence-electron chi connectivity index (χ1n) is 11.5. The highest BCUT2D eigenvalue weighted by molar-refractivity contribution is 6.13. The van der Waals surface area contributed by atoms with Gasteiger partial charge in [-0.25, -0.2) is 0 Å². The maximum Gasteiger partial charge on any atom is 0.0701 e. The number of rotatable bonds is 3. The van der Waals surface area contributed by atoms with Gasteiger partial charge in [-0.3, -0.25) is 4.98 Å². The molecule has 0 amide bonds. The molecule has 7 aromatic rings. The van der Waals surface area contributed by atoms with Crippen molar-refractivity contribution >= 4 is 32.7 Å². The predicted octanol–water partition coefficient (Wildman–Crippen LogP) is 7.79. The molecule has 0 aliphatic rings. The van der Waals surface area contributed by atoms with Crippen molar-refractivity contribution in [2.45, 2.75) is 0 Å². The van der Waals surface area contributed by atoms with Crippen molar-refractivity contribution in [3.05, 3.63) is 128 Å². The van der Waals surface area contributed by atoms with E-state index in [4.69, 9.17) is 0 Å². The van der Waals surface area contributed by atoms with E-state index in [0.717, 1.165) is 16.9 Å².